The fraction of sp³-hybridized carbons (Fsp3) is 0.435. The predicted octanol–water partition coefficient (Wildman–Crippen LogP) is 4.96. The molecule has 3 heteroatoms. The number of rotatable bonds is 4. The summed E-state index contributed by atoms with van der Waals surface area (Å²) in [4.78, 5) is 12.6. The second-order valence-corrected chi connectivity index (χ2v) is 8.15. The van der Waals surface area contributed by atoms with Crippen molar-refractivity contribution in [2.24, 2.45) is 0 Å². The largest absolute Gasteiger partial charge is 0.487 e. The van der Waals surface area contributed by atoms with Gasteiger partial charge in [0.1, 0.15) is 11.4 Å². The van der Waals surface area contributed by atoms with Crippen LogP contribution in [0.2, 0.25) is 0 Å². The fourth-order valence-corrected chi connectivity index (χ4v) is 3.59. The van der Waals surface area contributed by atoms with E-state index in [1.807, 2.05) is 6.07 Å². The lowest BCUT2D eigenvalue weighted by Crippen LogP contribution is -2.41. The smallest absolute Gasteiger partial charge is 0.220 e. The summed E-state index contributed by atoms with van der Waals surface area (Å²) in [5.41, 5.74) is 5.76. The van der Waals surface area contributed by atoms with E-state index in [-0.39, 0.29) is 17.6 Å². The molecule has 3 rings (SSSR count). The van der Waals surface area contributed by atoms with E-state index in [4.69, 9.17) is 4.74 Å². The summed E-state index contributed by atoms with van der Waals surface area (Å²) in [6.45, 7) is 10.4. The summed E-state index contributed by atoms with van der Waals surface area (Å²) in [6, 6.07) is 12.6. The fourth-order valence-electron chi connectivity index (χ4n) is 3.59. The number of ether oxygens (including phenoxy) is 1. The molecule has 0 aliphatic carbocycles. The minimum Gasteiger partial charge on any atom is -0.487 e. The van der Waals surface area contributed by atoms with Crippen LogP contribution in [0.5, 0.6) is 5.75 Å². The first-order valence-electron chi connectivity index (χ1n) is 9.38. The van der Waals surface area contributed by atoms with Crippen LogP contribution in [0.3, 0.4) is 0 Å². The zero-order chi connectivity index (χ0) is 18.9. The van der Waals surface area contributed by atoms with Crippen LogP contribution in [0.15, 0.2) is 36.4 Å². The van der Waals surface area contributed by atoms with Crippen molar-refractivity contribution in [3.05, 3.63) is 64.2 Å². The van der Waals surface area contributed by atoms with Crippen molar-refractivity contribution in [1.82, 2.24) is 5.32 Å². The van der Waals surface area contributed by atoms with Crippen LogP contribution in [-0.4, -0.2) is 11.5 Å². The highest BCUT2D eigenvalue weighted by Gasteiger charge is 2.34. The molecule has 0 saturated heterocycles. The highest BCUT2D eigenvalue weighted by Crippen LogP contribution is 2.39. The Balaban J connectivity index is 1.68. The molecule has 0 aromatic heterocycles. The summed E-state index contributed by atoms with van der Waals surface area (Å²) in [5.74, 6) is 0.977. The van der Waals surface area contributed by atoms with E-state index in [2.05, 4.69) is 70.3 Å². The lowest BCUT2D eigenvalue weighted by atomic mass is 9.89. The molecule has 0 spiro atoms. The number of amides is 1. The maximum Gasteiger partial charge on any atom is 0.220 e. The summed E-state index contributed by atoms with van der Waals surface area (Å²) in [7, 11) is 0. The number of benzene rings is 2. The van der Waals surface area contributed by atoms with E-state index in [1.165, 1.54) is 22.3 Å². The van der Waals surface area contributed by atoms with Crippen molar-refractivity contribution in [3.8, 4) is 5.75 Å². The first-order valence-corrected chi connectivity index (χ1v) is 9.38. The summed E-state index contributed by atoms with van der Waals surface area (Å²) in [5, 5.41) is 3.24. The first-order chi connectivity index (χ1) is 12.2. The van der Waals surface area contributed by atoms with Crippen LogP contribution >= 0.6 is 0 Å². The molecule has 0 saturated carbocycles. The van der Waals surface area contributed by atoms with Gasteiger partial charge in [-0.2, -0.15) is 0 Å². The van der Waals surface area contributed by atoms with Crippen molar-refractivity contribution in [1.29, 1.82) is 0 Å². The molecule has 2 aromatic carbocycles. The summed E-state index contributed by atoms with van der Waals surface area (Å²) in [6.07, 6.45) is 2.04. The number of aryl methyl sites for hydroxylation is 4. The maximum atomic E-state index is 12.6. The first kappa shape index (κ1) is 18.5. The number of nitrogens with one attached hydrogen (secondary N) is 1. The van der Waals surface area contributed by atoms with E-state index in [1.54, 1.807) is 0 Å². The van der Waals surface area contributed by atoms with Gasteiger partial charge in [0.15, 0.2) is 0 Å². The van der Waals surface area contributed by atoms with Crippen molar-refractivity contribution in [2.45, 2.75) is 65.5 Å². The molecule has 138 valence electrons. The molecule has 0 fully saturated rings. The lowest BCUT2D eigenvalue weighted by molar-refractivity contribution is -0.122. The second-order valence-electron chi connectivity index (χ2n) is 8.15. The van der Waals surface area contributed by atoms with Gasteiger partial charge in [0, 0.05) is 18.4 Å². The molecule has 0 radical (unpaired) electrons. The molecule has 1 amide bonds. The van der Waals surface area contributed by atoms with Gasteiger partial charge in [-0.3, -0.25) is 4.79 Å². The zero-order valence-corrected chi connectivity index (χ0v) is 16.5. The molecular formula is C23H29NO2. The van der Waals surface area contributed by atoms with E-state index in [0.717, 1.165) is 24.2 Å². The van der Waals surface area contributed by atoms with Gasteiger partial charge in [-0.05, 0) is 63.8 Å². The minimum atomic E-state index is -0.283. The van der Waals surface area contributed by atoms with Crippen molar-refractivity contribution < 1.29 is 9.53 Å². The topological polar surface area (TPSA) is 38.3 Å². The molecule has 1 aliphatic rings. The third kappa shape index (κ3) is 4.27. The third-order valence-electron chi connectivity index (χ3n) is 5.17. The van der Waals surface area contributed by atoms with E-state index >= 15 is 0 Å². The van der Waals surface area contributed by atoms with Crippen LogP contribution in [-0.2, 0) is 11.2 Å². The van der Waals surface area contributed by atoms with Crippen molar-refractivity contribution in [3.63, 3.8) is 0 Å². The number of carbonyl (C=O) groups is 1. The quantitative estimate of drug-likeness (QED) is 0.845. The number of hydrogen-bond donors (Lipinski definition) is 1. The van der Waals surface area contributed by atoms with Gasteiger partial charge in [0.05, 0.1) is 6.04 Å². The average molecular weight is 351 g/mol. The molecule has 1 atom stereocenters. The molecule has 26 heavy (non-hydrogen) atoms. The van der Waals surface area contributed by atoms with Crippen LogP contribution in [0.1, 0.15) is 60.5 Å². The molecule has 1 N–H and O–H groups in total. The molecule has 1 heterocycles. The van der Waals surface area contributed by atoms with Gasteiger partial charge in [0.25, 0.3) is 0 Å². The second kappa shape index (κ2) is 7.14. The Morgan fingerprint density at radius 2 is 1.88 bits per heavy atom. The van der Waals surface area contributed by atoms with Gasteiger partial charge < -0.3 is 10.1 Å². The normalized spacial score (nSPS) is 18.0. The van der Waals surface area contributed by atoms with Gasteiger partial charge in [-0.25, -0.2) is 0 Å². The molecule has 2 aromatic rings. The Kier molecular flexibility index (Phi) is 5.08. The maximum absolute atomic E-state index is 12.6. The predicted molar refractivity (Wildman–Crippen MR) is 106 cm³/mol. The number of fused-ring (bicyclic) bond motifs is 1. The molecule has 3 nitrogen and oxygen atoms in total. The molecule has 0 unspecified atom stereocenters. The van der Waals surface area contributed by atoms with E-state index in [9.17, 15) is 4.79 Å². The van der Waals surface area contributed by atoms with Gasteiger partial charge in [0.2, 0.25) is 5.91 Å². The average Bonchev–Trinajstić information content (AvgIpc) is 2.56. The SMILES string of the molecule is Cc1ccc2c(c1)[C@H](NC(=O)CCc1ccc(C)c(C)c1)CC(C)(C)O2. The highest BCUT2D eigenvalue weighted by molar-refractivity contribution is 5.77. The summed E-state index contributed by atoms with van der Waals surface area (Å²) < 4.78 is 6.09. The number of hydrogen-bond acceptors (Lipinski definition) is 2. The zero-order valence-electron chi connectivity index (χ0n) is 16.5. The Labute approximate surface area is 156 Å². The van der Waals surface area contributed by atoms with Crippen LogP contribution in [0.25, 0.3) is 0 Å². The van der Waals surface area contributed by atoms with Gasteiger partial charge >= 0.3 is 0 Å². The molecule has 0 bridgehead atoms. The monoisotopic (exact) mass is 351 g/mol. The Morgan fingerprint density at radius 3 is 2.62 bits per heavy atom. The van der Waals surface area contributed by atoms with E-state index in [0.29, 0.717) is 6.42 Å². The van der Waals surface area contributed by atoms with Crippen LogP contribution < -0.4 is 10.1 Å². The van der Waals surface area contributed by atoms with E-state index < -0.39 is 0 Å². The lowest BCUT2D eigenvalue weighted by Gasteiger charge is -2.38. The highest BCUT2D eigenvalue weighted by atomic mass is 16.5. The minimum absolute atomic E-state index is 0.000837. The Morgan fingerprint density at radius 1 is 1.12 bits per heavy atom. The van der Waals surface area contributed by atoms with Gasteiger partial charge in [-0.1, -0.05) is 35.9 Å². The van der Waals surface area contributed by atoms with Gasteiger partial charge in [-0.15, -0.1) is 0 Å². The standard InChI is InChI=1S/C23H29NO2/c1-15-6-10-21-19(12-15)20(14-23(4,5)26-21)24-22(25)11-9-18-8-7-16(2)17(3)13-18/h6-8,10,12-13,20H,9,11,14H2,1-5H3,(H,24,25)/t20-/m1/s1. The Bertz CT molecular complexity index is 823. The summed E-state index contributed by atoms with van der Waals surface area (Å²) >= 11 is 0. The van der Waals surface area contributed by atoms with Crippen LogP contribution in [0, 0.1) is 20.8 Å². The Hall–Kier alpha value is -2.29. The van der Waals surface area contributed by atoms with Crippen molar-refractivity contribution >= 4 is 5.91 Å². The van der Waals surface area contributed by atoms with Crippen molar-refractivity contribution in [2.75, 3.05) is 0 Å². The molecule has 1 aliphatic heterocycles. The third-order valence-corrected chi connectivity index (χ3v) is 5.17. The van der Waals surface area contributed by atoms with Crippen LogP contribution in [0.4, 0.5) is 0 Å². The molecular weight excluding hydrogens is 322 g/mol. The number of carbonyl (C=O) groups excluding carboxylic acids is 1.